The smallest absolute Gasteiger partial charge is 0.205 e. The second kappa shape index (κ2) is 7.02. The molecule has 0 fully saturated rings. The van der Waals surface area contributed by atoms with E-state index in [1.165, 1.54) is 23.5 Å². The van der Waals surface area contributed by atoms with Crippen molar-refractivity contribution in [2.45, 2.75) is 0 Å². The normalized spacial score (nSPS) is 12.2. The van der Waals surface area contributed by atoms with Gasteiger partial charge in [-0.25, -0.2) is 9.07 Å². The first-order valence-electron chi connectivity index (χ1n) is 6.86. The average Bonchev–Trinajstić information content (AvgIpc) is 2.96. The van der Waals surface area contributed by atoms with Crippen molar-refractivity contribution in [1.29, 1.82) is 0 Å². The Kier molecular flexibility index (Phi) is 4.83. The van der Waals surface area contributed by atoms with Crippen LogP contribution >= 0.6 is 27.3 Å². The molecular weight excluding hydrogens is 377 g/mol. The summed E-state index contributed by atoms with van der Waals surface area (Å²) in [6.45, 7) is 0. The Morgan fingerprint density at radius 2 is 1.96 bits per heavy atom. The van der Waals surface area contributed by atoms with Crippen LogP contribution in [-0.2, 0) is 0 Å². The van der Waals surface area contributed by atoms with E-state index >= 15 is 0 Å². The van der Waals surface area contributed by atoms with E-state index in [4.69, 9.17) is 0 Å². The summed E-state index contributed by atoms with van der Waals surface area (Å²) < 4.78 is 16.1. The lowest BCUT2D eigenvalue weighted by Gasteiger charge is -2.03. The number of rotatable bonds is 3. The van der Waals surface area contributed by atoms with Crippen molar-refractivity contribution in [2.24, 2.45) is 10.1 Å². The molecule has 1 aromatic heterocycles. The lowest BCUT2D eigenvalue weighted by atomic mass is 10.2. The summed E-state index contributed by atoms with van der Waals surface area (Å²) in [4.78, 5) is 5.02. The summed E-state index contributed by atoms with van der Waals surface area (Å²) in [5, 5.41) is 6.49. The van der Waals surface area contributed by atoms with Crippen LogP contribution in [0.3, 0.4) is 0 Å². The molecule has 0 N–H and O–H groups in total. The van der Waals surface area contributed by atoms with Crippen molar-refractivity contribution in [3.63, 3.8) is 0 Å². The minimum absolute atomic E-state index is 0.280. The molecule has 0 saturated heterocycles. The summed E-state index contributed by atoms with van der Waals surface area (Å²) in [6.07, 6.45) is 1.63. The molecule has 2 aromatic carbocycles. The zero-order valence-corrected chi connectivity index (χ0v) is 14.7. The third-order valence-electron chi connectivity index (χ3n) is 3.19. The van der Waals surface area contributed by atoms with Crippen LogP contribution in [0.5, 0.6) is 0 Å². The molecule has 0 bridgehead atoms. The van der Waals surface area contributed by atoms with Crippen LogP contribution in [0.25, 0.3) is 11.3 Å². The Morgan fingerprint density at radius 3 is 2.65 bits per heavy atom. The summed E-state index contributed by atoms with van der Waals surface area (Å²) in [5.41, 5.74) is 2.68. The summed E-state index contributed by atoms with van der Waals surface area (Å²) >= 11 is 4.95. The molecular formula is C17H13BrFN3S. The van der Waals surface area contributed by atoms with Gasteiger partial charge in [0.25, 0.3) is 0 Å². The van der Waals surface area contributed by atoms with Crippen molar-refractivity contribution >= 4 is 33.5 Å². The molecule has 23 heavy (non-hydrogen) atoms. The highest BCUT2D eigenvalue weighted by atomic mass is 79.9. The van der Waals surface area contributed by atoms with Gasteiger partial charge in [0.05, 0.1) is 11.9 Å². The van der Waals surface area contributed by atoms with E-state index in [0.29, 0.717) is 5.56 Å². The molecule has 3 nitrogen and oxygen atoms in total. The van der Waals surface area contributed by atoms with Crippen molar-refractivity contribution in [1.82, 2.24) is 4.68 Å². The molecule has 3 aromatic rings. The van der Waals surface area contributed by atoms with Gasteiger partial charge < -0.3 is 0 Å². The van der Waals surface area contributed by atoms with Crippen LogP contribution in [0.4, 0.5) is 4.39 Å². The van der Waals surface area contributed by atoms with Gasteiger partial charge in [-0.3, -0.25) is 4.99 Å². The SMILES string of the molecule is CN=c1scc(-c2ccc(Br)cc2)n1/N=C\c1cccc(F)c1. The fraction of sp³-hybridized carbons (Fsp3) is 0.0588. The highest BCUT2D eigenvalue weighted by Gasteiger charge is 2.07. The average molecular weight is 390 g/mol. The summed E-state index contributed by atoms with van der Waals surface area (Å²) in [5.74, 6) is -0.280. The molecule has 0 saturated carbocycles. The predicted octanol–water partition coefficient (Wildman–Crippen LogP) is 4.53. The molecule has 1 heterocycles. The molecule has 0 aliphatic rings. The van der Waals surface area contributed by atoms with Gasteiger partial charge in [0.15, 0.2) is 0 Å². The summed E-state index contributed by atoms with van der Waals surface area (Å²) in [7, 11) is 1.73. The topological polar surface area (TPSA) is 29.6 Å². The second-order valence-electron chi connectivity index (χ2n) is 4.75. The third kappa shape index (κ3) is 3.65. The van der Waals surface area contributed by atoms with Crippen molar-refractivity contribution < 1.29 is 4.39 Å². The maximum absolute atomic E-state index is 13.3. The number of hydrogen-bond donors (Lipinski definition) is 0. The van der Waals surface area contributed by atoms with Crippen LogP contribution in [0.1, 0.15) is 5.56 Å². The number of benzene rings is 2. The maximum atomic E-state index is 13.3. The molecule has 0 amide bonds. The molecule has 0 unspecified atom stereocenters. The van der Waals surface area contributed by atoms with Crippen LogP contribution in [0, 0.1) is 5.82 Å². The van der Waals surface area contributed by atoms with E-state index in [1.807, 2.05) is 35.7 Å². The Bertz CT molecular complexity index is 910. The van der Waals surface area contributed by atoms with Gasteiger partial charge >= 0.3 is 0 Å². The van der Waals surface area contributed by atoms with Crippen LogP contribution < -0.4 is 4.80 Å². The molecule has 0 aliphatic carbocycles. The first-order valence-corrected chi connectivity index (χ1v) is 8.54. The zero-order chi connectivity index (χ0) is 16.2. The quantitative estimate of drug-likeness (QED) is 0.589. The number of hydrogen-bond acceptors (Lipinski definition) is 3. The molecule has 116 valence electrons. The predicted molar refractivity (Wildman–Crippen MR) is 96.3 cm³/mol. The molecule has 0 radical (unpaired) electrons. The highest BCUT2D eigenvalue weighted by Crippen LogP contribution is 2.22. The highest BCUT2D eigenvalue weighted by molar-refractivity contribution is 9.10. The van der Waals surface area contributed by atoms with E-state index in [0.717, 1.165) is 20.5 Å². The number of halogens is 2. The van der Waals surface area contributed by atoms with E-state index < -0.39 is 0 Å². The molecule has 0 aliphatic heterocycles. The number of aromatic nitrogens is 1. The Morgan fingerprint density at radius 1 is 1.17 bits per heavy atom. The van der Waals surface area contributed by atoms with Crippen molar-refractivity contribution in [2.75, 3.05) is 7.05 Å². The van der Waals surface area contributed by atoms with Crippen molar-refractivity contribution in [3.8, 4) is 11.3 Å². The molecule has 0 atom stereocenters. The number of nitrogens with zero attached hydrogens (tertiary/aromatic N) is 3. The molecule has 0 spiro atoms. The number of thiazole rings is 1. The Labute approximate surface area is 145 Å². The minimum atomic E-state index is -0.280. The van der Waals surface area contributed by atoms with Gasteiger partial charge in [0.1, 0.15) is 5.82 Å². The van der Waals surface area contributed by atoms with Gasteiger partial charge in [0, 0.05) is 22.5 Å². The first-order chi connectivity index (χ1) is 11.2. The first kappa shape index (κ1) is 15.8. The largest absolute Gasteiger partial charge is 0.261 e. The van der Waals surface area contributed by atoms with Gasteiger partial charge in [-0.15, -0.1) is 11.3 Å². The Hall–Kier alpha value is -2.05. The fourth-order valence-corrected chi connectivity index (χ4v) is 3.16. The second-order valence-corrected chi connectivity index (χ2v) is 6.50. The van der Waals surface area contributed by atoms with Crippen LogP contribution in [-0.4, -0.2) is 17.9 Å². The van der Waals surface area contributed by atoms with Crippen LogP contribution in [0.2, 0.25) is 0 Å². The van der Waals surface area contributed by atoms with E-state index in [1.54, 1.807) is 24.0 Å². The third-order valence-corrected chi connectivity index (χ3v) is 4.62. The van der Waals surface area contributed by atoms with Gasteiger partial charge in [-0.05, 0) is 29.8 Å². The van der Waals surface area contributed by atoms with E-state index in [2.05, 4.69) is 26.0 Å². The summed E-state index contributed by atoms with van der Waals surface area (Å²) in [6, 6.07) is 14.3. The standard InChI is InChI=1S/C17H13BrFN3S/c1-20-17-22(21-10-12-3-2-4-15(19)9-12)16(11-23-17)13-5-7-14(18)8-6-13/h2-11H,1H3/b20-17?,21-10-. The lowest BCUT2D eigenvalue weighted by Crippen LogP contribution is -2.11. The van der Waals surface area contributed by atoms with E-state index in [-0.39, 0.29) is 5.82 Å². The van der Waals surface area contributed by atoms with Gasteiger partial charge in [0.2, 0.25) is 4.80 Å². The monoisotopic (exact) mass is 389 g/mol. The lowest BCUT2D eigenvalue weighted by molar-refractivity contribution is 0.627. The van der Waals surface area contributed by atoms with Crippen molar-refractivity contribution in [3.05, 3.63) is 74.6 Å². The zero-order valence-electron chi connectivity index (χ0n) is 12.3. The maximum Gasteiger partial charge on any atom is 0.205 e. The van der Waals surface area contributed by atoms with Gasteiger partial charge in [-0.2, -0.15) is 5.10 Å². The fourth-order valence-electron chi connectivity index (χ4n) is 2.09. The van der Waals surface area contributed by atoms with Crippen LogP contribution in [0.15, 0.2) is 68.5 Å². The minimum Gasteiger partial charge on any atom is -0.261 e. The van der Waals surface area contributed by atoms with Gasteiger partial charge in [-0.1, -0.05) is 40.2 Å². The van der Waals surface area contributed by atoms with E-state index in [9.17, 15) is 4.39 Å². The molecule has 3 rings (SSSR count). The molecule has 6 heteroatoms. The Balaban J connectivity index is 2.04.